The number of aromatic nitrogens is 2. The lowest BCUT2D eigenvalue weighted by Gasteiger charge is -2.20. The van der Waals surface area contributed by atoms with Crippen LogP contribution in [0, 0.1) is 0 Å². The van der Waals surface area contributed by atoms with Crippen LogP contribution in [0.4, 0.5) is 0 Å². The molecule has 104 valence electrons. The van der Waals surface area contributed by atoms with Gasteiger partial charge >= 0.3 is 0 Å². The van der Waals surface area contributed by atoms with Crippen molar-refractivity contribution in [3.63, 3.8) is 0 Å². The molecule has 0 atom stereocenters. The molecule has 0 spiro atoms. The lowest BCUT2D eigenvalue weighted by Crippen LogP contribution is -2.09. The molecule has 0 N–H and O–H groups in total. The van der Waals surface area contributed by atoms with Crippen LogP contribution in [0.2, 0.25) is 0 Å². The van der Waals surface area contributed by atoms with Crippen LogP contribution in [-0.4, -0.2) is 9.97 Å². The molecular formula is C19H12N2O. The summed E-state index contributed by atoms with van der Waals surface area (Å²) >= 11 is 0. The van der Waals surface area contributed by atoms with E-state index in [4.69, 9.17) is 14.7 Å². The smallest absolute Gasteiger partial charge is 0.146 e. The van der Waals surface area contributed by atoms with Crippen LogP contribution in [0.5, 0.6) is 5.75 Å². The Morgan fingerprint density at radius 1 is 0.773 bits per heavy atom. The molecule has 3 heterocycles. The molecular weight excluding hydrogens is 272 g/mol. The van der Waals surface area contributed by atoms with Crippen molar-refractivity contribution >= 4 is 21.8 Å². The van der Waals surface area contributed by atoms with Gasteiger partial charge in [0.05, 0.1) is 16.7 Å². The van der Waals surface area contributed by atoms with Crippen molar-refractivity contribution in [1.29, 1.82) is 0 Å². The van der Waals surface area contributed by atoms with Crippen molar-refractivity contribution in [2.24, 2.45) is 0 Å². The zero-order valence-electron chi connectivity index (χ0n) is 11.8. The fraction of sp³-hybridized carbons (Fsp3) is 0.0526. The van der Waals surface area contributed by atoms with E-state index < -0.39 is 0 Å². The fourth-order valence-corrected chi connectivity index (χ4v) is 3.02. The largest absolute Gasteiger partial charge is 0.485 e. The molecule has 0 bridgehead atoms. The van der Waals surface area contributed by atoms with Crippen LogP contribution >= 0.6 is 0 Å². The Balaban J connectivity index is 1.84. The highest BCUT2D eigenvalue weighted by Gasteiger charge is 2.21. The number of fused-ring (bicyclic) bond motifs is 5. The van der Waals surface area contributed by atoms with Crippen LogP contribution in [0.1, 0.15) is 5.69 Å². The van der Waals surface area contributed by atoms with E-state index in [0.717, 1.165) is 44.5 Å². The fourth-order valence-electron chi connectivity index (χ4n) is 3.02. The molecule has 1 aliphatic heterocycles. The quantitative estimate of drug-likeness (QED) is 0.481. The summed E-state index contributed by atoms with van der Waals surface area (Å²) in [6.07, 6.45) is 0. The first-order chi connectivity index (χ1) is 10.9. The molecule has 0 aliphatic carbocycles. The minimum Gasteiger partial charge on any atom is -0.485 e. The van der Waals surface area contributed by atoms with Gasteiger partial charge in [0.1, 0.15) is 18.1 Å². The average molecular weight is 284 g/mol. The van der Waals surface area contributed by atoms with Crippen molar-refractivity contribution in [3.8, 4) is 17.0 Å². The van der Waals surface area contributed by atoms with Gasteiger partial charge in [0.2, 0.25) is 0 Å². The van der Waals surface area contributed by atoms with Crippen LogP contribution in [-0.2, 0) is 6.61 Å². The monoisotopic (exact) mass is 284 g/mol. The van der Waals surface area contributed by atoms with Crippen LogP contribution in [0.25, 0.3) is 33.1 Å². The Hall–Kier alpha value is -2.94. The predicted octanol–water partition coefficient (Wildman–Crippen LogP) is 4.34. The van der Waals surface area contributed by atoms with E-state index in [1.807, 2.05) is 36.4 Å². The summed E-state index contributed by atoms with van der Waals surface area (Å²) in [6, 6.07) is 20.5. The number of hydrogen-bond donors (Lipinski definition) is 0. The van der Waals surface area contributed by atoms with Crippen molar-refractivity contribution in [2.75, 3.05) is 0 Å². The van der Waals surface area contributed by atoms with Gasteiger partial charge in [0, 0.05) is 16.3 Å². The minimum atomic E-state index is 0.493. The number of hydrogen-bond acceptors (Lipinski definition) is 3. The van der Waals surface area contributed by atoms with E-state index in [1.54, 1.807) is 0 Å². The molecule has 0 radical (unpaired) electrons. The SMILES string of the molecule is c1ccc2nc3c(cc2c1)-c1nc2ccccc2cc1OC3. The Morgan fingerprint density at radius 2 is 1.45 bits per heavy atom. The first kappa shape index (κ1) is 11.7. The lowest BCUT2D eigenvalue weighted by molar-refractivity contribution is 0.297. The maximum atomic E-state index is 5.88. The minimum absolute atomic E-state index is 0.493. The third-order valence-corrected chi connectivity index (χ3v) is 4.11. The van der Waals surface area contributed by atoms with Gasteiger partial charge in [-0.15, -0.1) is 0 Å². The highest BCUT2D eigenvalue weighted by molar-refractivity contribution is 5.89. The number of rotatable bonds is 0. The highest BCUT2D eigenvalue weighted by atomic mass is 16.5. The first-order valence-electron chi connectivity index (χ1n) is 7.30. The van der Waals surface area contributed by atoms with E-state index in [9.17, 15) is 0 Å². The molecule has 22 heavy (non-hydrogen) atoms. The number of nitrogens with zero attached hydrogens (tertiary/aromatic N) is 2. The van der Waals surface area contributed by atoms with Crippen LogP contribution in [0.15, 0.2) is 60.7 Å². The summed E-state index contributed by atoms with van der Waals surface area (Å²) in [6.45, 7) is 0.493. The number of pyridine rings is 2. The molecule has 5 rings (SSSR count). The van der Waals surface area contributed by atoms with Gasteiger partial charge in [-0.3, -0.25) is 0 Å². The number of benzene rings is 2. The molecule has 3 nitrogen and oxygen atoms in total. The van der Waals surface area contributed by atoms with Gasteiger partial charge < -0.3 is 4.74 Å². The Kier molecular flexibility index (Phi) is 2.27. The molecule has 2 aromatic heterocycles. The van der Waals surface area contributed by atoms with Gasteiger partial charge in [-0.05, 0) is 24.3 Å². The van der Waals surface area contributed by atoms with Gasteiger partial charge in [-0.1, -0.05) is 36.4 Å². The summed E-state index contributed by atoms with van der Waals surface area (Å²) in [4.78, 5) is 9.53. The third-order valence-electron chi connectivity index (χ3n) is 4.11. The van der Waals surface area contributed by atoms with Gasteiger partial charge in [0.25, 0.3) is 0 Å². The maximum absolute atomic E-state index is 5.88. The third kappa shape index (κ3) is 1.62. The topological polar surface area (TPSA) is 35.0 Å². The summed E-state index contributed by atoms with van der Waals surface area (Å²) in [5.74, 6) is 0.836. The summed E-state index contributed by atoms with van der Waals surface area (Å²) in [5, 5.41) is 2.22. The predicted molar refractivity (Wildman–Crippen MR) is 86.8 cm³/mol. The summed E-state index contributed by atoms with van der Waals surface area (Å²) in [5.41, 5.74) is 4.89. The Morgan fingerprint density at radius 3 is 2.27 bits per heavy atom. The zero-order valence-corrected chi connectivity index (χ0v) is 11.8. The zero-order chi connectivity index (χ0) is 14.5. The molecule has 0 saturated heterocycles. The Labute approximate surface area is 127 Å². The van der Waals surface area contributed by atoms with E-state index >= 15 is 0 Å². The van der Waals surface area contributed by atoms with Gasteiger partial charge in [-0.2, -0.15) is 0 Å². The standard InChI is InChI=1S/C19H12N2O/c1-3-7-15-12(5-1)9-14-17(20-15)11-22-18-10-13-6-2-4-8-16(13)21-19(14)18/h1-10H,11H2. The van der Waals surface area contributed by atoms with E-state index in [0.29, 0.717) is 6.61 Å². The average Bonchev–Trinajstić information content (AvgIpc) is 2.58. The van der Waals surface area contributed by atoms with Crippen molar-refractivity contribution in [2.45, 2.75) is 6.61 Å². The molecule has 4 aromatic rings. The van der Waals surface area contributed by atoms with Crippen molar-refractivity contribution < 1.29 is 4.74 Å². The van der Waals surface area contributed by atoms with E-state index in [-0.39, 0.29) is 0 Å². The molecule has 2 aromatic carbocycles. The molecule has 0 fully saturated rings. The van der Waals surface area contributed by atoms with Gasteiger partial charge in [0.15, 0.2) is 0 Å². The van der Waals surface area contributed by atoms with E-state index in [1.165, 1.54) is 0 Å². The Bertz CT molecular complexity index is 955. The first-order valence-corrected chi connectivity index (χ1v) is 7.30. The molecule has 0 amide bonds. The summed E-state index contributed by atoms with van der Waals surface area (Å²) < 4.78 is 5.88. The second kappa shape index (κ2) is 4.28. The molecule has 0 unspecified atom stereocenters. The molecule has 3 heteroatoms. The van der Waals surface area contributed by atoms with Crippen molar-refractivity contribution in [3.05, 3.63) is 66.4 Å². The molecule has 1 aliphatic rings. The maximum Gasteiger partial charge on any atom is 0.146 e. The number of para-hydroxylation sites is 2. The summed E-state index contributed by atoms with van der Waals surface area (Å²) in [7, 11) is 0. The van der Waals surface area contributed by atoms with Crippen LogP contribution in [0.3, 0.4) is 0 Å². The van der Waals surface area contributed by atoms with E-state index in [2.05, 4.69) is 24.3 Å². The number of ether oxygens (including phenoxy) is 1. The molecule has 0 saturated carbocycles. The second-order valence-electron chi connectivity index (χ2n) is 5.49. The highest BCUT2D eigenvalue weighted by Crippen LogP contribution is 2.38. The lowest BCUT2D eigenvalue weighted by atomic mass is 10.0. The van der Waals surface area contributed by atoms with Crippen LogP contribution < -0.4 is 4.74 Å². The van der Waals surface area contributed by atoms with Crippen molar-refractivity contribution in [1.82, 2.24) is 9.97 Å². The normalized spacial score (nSPS) is 12.7. The second-order valence-corrected chi connectivity index (χ2v) is 5.49. The van der Waals surface area contributed by atoms with Gasteiger partial charge in [-0.25, -0.2) is 9.97 Å².